The summed E-state index contributed by atoms with van der Waals surface area (Å²) < 4.78 is 39.6. The van der Waals surface area contributed by atoms with Gasteiger partial charge in [0, 0.05) is 18.8 Å². The average molecular weight is 488 g/mol. The molecule has 0 saturated carbocycles. The molecule has 172 valence electrons. The molecule has 4 rings (SSSR count). The average Bonchev–Trinajstić information content (AvgIpc) is 3.51. The van der Waals surface area contributed by atoms with Crippen LogP contribution in [0.1, 0.15) is 24.2 Å². The summed E-state index contributed by atoms with van der Waals surface area (Å²) in [6, 6.07) is 12.2. The Bertz CT molecular complexity index is 1240. The molecule has 2 N–H and O–H groups in total. The Morgan fingerprint density at radius 3 is 2.48 bits per heavy atom. The number of sulfonamides is 1. The van der Waals surface area contributed by atoms with E-state index in [4.69, 9.17) is 0 Å². The van der Waals surface area contributed by atoms with Gasteiger partial charge in [-0.25, -0.2) is 17.8 Å². The van der Waals surface area contributed by atoms with Crippen molar-refractivity contribution in [2.75, 3.05) is 24.2 Å². The van der Waals surface area contributed by atoms with Gasteiger partial charge in [0.2, 0.25) is 21.1 Å². The van der Waals surface area contributed by atoms with Gasteiger partial charge >= 0.3 is 0 Å². The van der Waals surface area contributed by atoms with Crippen molar-refractivity contribution in [3.8, 4) is 0 Å². The van der Waals surface area contributed by atoms with Crippen molar-refractivity contribution in [1.82, 2.24) is 19.5 Å². The zero-order valence-electron chi connectivity index (χ0n) is 17.6. The van der Waals surface area contributed by atoms with E-state index in [0.717, 1.165) is 30.2 Å². The van der Waals surface area contributed by atoms with Gasteiger partial charge in [-0.05, 0) is 60.9 Å². The normalized spacial score (nSPS) is 14.7. The van der Waals surface area contributed by atoms with E-state index < -0.39 is 10.0 Å². The molecule has 8 nitrogen and oxygen atoms in total. The maximum Gasteiger partial charge on any atom is 0.243 e. The minimum Gasteiger partial charge on any atom is -0.325 e. The molecule has 1 aliphatic heterocycles. The number of H-pyrrole nitrogens is 1. The third-order valence-electron chi connectivity index (χ3n) is 4.96. The molecule has 0 radical (unpaired) electrons. The molecule has 1 amide bonds. The molecule has 1 saturated heterocycles. The van der Waals surface area contributed by atoms with Gasteiger partial charge in [-0.2, -0.15) is 4.31 Å². The van der Waals surface area contributed by atoms with Crippen LogP contribution in [-0.4, -0.2) is 52.7 Å². The van der Waals surface area contributed by atoms with E-state index in [9.17, 15) is 17.6 Å². The summed E-state index contributed by atoms with van der Waals surface area (Å²) in [5, 5.41) is 9.98. The van der Waals surface area contributed by atoms with Crippen LogP contribution in [0.2, 0.25) is 0 Å². The number of hydrogen-bond donors (Lipinski definition) is 2. The number of anilines is 1. The Morgan fingerprint density at radius 1 is 1.09 bits per heavy atom. The molecule has 0 spiro atoms. The second-order valence-electron chi connectivity index (χ2n) is 7.36. The zero-order chi connectivity index (χ0) is 23.3. The van der Waals surface area contributed by atoms with E-state index in [1.165, 1.54) is 28.6 Å². The molecular formula is C22H22FN5O3S2. The number of thioether (sulfide) groups is 1. The van der Waals surface area contributed by atoms with Crippen molar-refractivity contribution in [2.24, 2.45) is 0 Å². The van der Waals surface area contributed by atoms with Gasteiger partial charge < -0.3 is 5.32 Å². The summed E-state index contributed by atoms with van der Waals surface area (Å²) in [6.07, 6.45) is 5.24. The molecular weight excluding hydrogens is 465 g/mol. The van der Waals surface area contributed by atoms with Crippen molar-refractivity contribution in [1.29, 1.82) is 0 Å². The van der Waals surface area contributed by atoms with Gasteiger partial charge in [-0.3, -0.25) is 9.89 Å². The molecule has 2 heterocycles. The number of carbonyl (C=O) groups is 1. The van der Waals surface area contributed by atoms with Gasteiger partial charge in [-0.1, -0.05) is 30.0 Å². The van der Waals surface area contributed by atoms with E-state index in [1.807, 2.05) is 0 Å². The van der Waals surface area contributed by atoms with Crippen LogP contribution in [0.25, 0.3) is 12.2 Å². The largest absolute Gasteiger partial charge is 0.325 e. The van der Waals surface area contributed by atoms with Crippen molar-refractivity contribution in [3.05, 3.63) is 65.7 Å². The number of nitrogens with zero attached hydrogens (tertiary/aromatic N) is 3. The minimum atomic E-state index is -3.48. The minimum absolute atomic E-state index is 0.0901. The number of rotatable bonds is 8. The first-order chi connectivity index (χ1) is 15.9. The van der Waals surface area contributed by atoms with Crippen LogP contribution in [0.4, 0.5) is 10.1 Å². The quantitative estimate of drug-likeness (QED) is 0.470. The third kappa shape index (κ3) is 6.06. The van der Waals surface area contributed by atoms with Crippen molar-refractivity contribution in [3.63, 3.8) is 0 Å². The predicted octanol–water partition coefficient (Wildman–Crippen LogP) is 3.63. The van der Waals surface area contributed by atoms with Crippen molar-refractivity contribution >= 4 is 45.5 Å². The van der Waals surface area contributed by atoms with Crippen LogP contribution in [0.15, 0.2) is 58.6 Å². The molecule has 0 aliphatic carbocycles. The number of nitrogens with one attached hydrogen (secondary N) is 2. The lowest BCUT2D eigenvalue weighted by Gasteiger charge is -2.15. The fourth-order valence-electron chi connectivity index (χ4n) is 3.26. The molecule has 11 heteroatoms. The molecule has 0 bridgehead atoms. The number of carbonyl (C=O) groups excluding carboxylic acids is 1. The Labute approximate surface area is 195 Å². The Balaban J connectivity index is 1.28. The molecule has 0 unspecified atom stereocenters. The van der Waals surface area contributed by atoms with E-state index in [0.29, 0.717) is 29.8 Å². The topological polar surface area (TPSA) is 108 Å². The second kappa shape index (κ2) is 10.3. The highest BCUT2D eigenvalue weighted by molar-refractivity contribution is 7.99. The standard InChI is InChI=1S/C22H22FN5O3S2/c23-17-6-3-16(4-7-17)5-12-20-25-22(27-26-20)32-15-21(29)24-18-8-10-19(11-9-18)33(30,31)28-13-1-2-14-28/h3-12H,1-2,13-15H2,(H,24,29)(H,25,26,27). The van der Waals surface area contributed by atoms with Crippen LogP contribution < -0.4 is 5.32 Å². The Morgan fingerprint density at radius 2 is 1.79 bits per heavy atom. The fourth-order valence-corrected chi connectivity index (χ4v) is 5.38. The van der Waals surface area contributed by atoms with Gasteiger partial charge in [0.1, 0.15) is 11.6 Å². The van der Waals surface area contributed by atoms with Crippen LogP contribution in [0.5, 0.6) is 0 Å². The predicted molar refractivity (Wildman–Crippen MR) is 125 cm³/mol. The zero-order valence-corrected chi connectivity index (χ0v) is 19.2. The molecule has 1 aromatic heterocycles. The summed E-state index contributed by atoms with van der Waals surface area (Å²) in [5.41, 5.74) is 1.33. The summed E-state index contributed by atoms with van der Waals surface area (Å²) in [7, 11) is -3.48. The van der Waals surface area contributed by atoms with Crippen LogP contribution in [0.3, 0.4) is 0 Å². The first-order valence-corrected chi connectivity index (χ1v) is 12.7. The summed E-state index contributed by atoms with van der Waals surface area (Å²) >= 11 is 1.16. The van der Waals surface area contributed by atoms with Crippen molar-refractivity contribution < 1.29 is 17.6 Å². The fraction of sp³-hybridized carbons (Fsp3) is 0.227. The van der Waals surface area contributed by atoms with Crippen LogP contribution in [0, 0.1) is 5.82 Å². The third-order valence-corrected chi connectivity index (χ3v) is 7.72. The van der Waals surface area contributed by atoms with E-state index >= 15 is 0 Å². The molecule has 0 atom stereocenters. The Kier molecular flexibility index (Phi) is 7.21. The van der Waals surface area contributed by atoms with E-state index in [1.54, 1.807) is 36.4 Å². The lowest BCUT2D eigenvalue weighted by Crippen LogP contribution is -2.27. The van der Waals surface area contributed by atoms with Gasteiger partial charge in [0.25, 0.3) is 0 Å². The lowest BCUT2D eigenvalue weighted by molar-refractivity contribution is -0.113. The highest BCUT2D eigenvalue weighted by Gasteiger charge is 2.26. The maximum absolute atomic E-state index is 12.9. The number of amides is 1. The van der Waals surface area contributed by atoms with E-state index in [2.05, 4.69) is 20.5 Å². The monoisotopic (exact) mass is 487 g/mol. The summed E-state index contributed by atoms with van der Waals surface area (Å²) in [5.74, 6) is 0.0412. The number of aromatic nitrogens is 3. The van der Waals surface area contributed by atoms with Crippen molar-refractivity contribution in [2.45, 2.75) is 22.9 Å². The number of hydrogen-bond acceptors (Lipinski definition) is 6. The summed E-state index contributed by atoms with van der Waals surface area (Å²) in [6.45, 7) is 1.09. The molecule has 1 aliphatic rings. The second-order valence-corrected chi connectivity index (χ2v) is 10.2. The smallest absolute Gasteiger partial charge is 0.243 e. The lowest BCUT2D eigenvalue weighted by atomic mass is 10.2. The maximum atomic E-state index is 12.9. The highest BCUT2D eigenvalue weighted by Crippen LogP contribution is 2.22. The summed E-state index contributed by atoms with van der Waals surface area (Å²) in [4.78, 5) is 16.8. The molecule has 33 heavy (non-hydrogen) atoms. The van der Waals surface area contributed by atoms with Gasteiger partial charge in [0.15, 0.2) is 0 Å². The number of aromatic amines is 1. The molecule has 3 aromatic rings. The number of halogens is 1. The first kappa shape index (κ1) is 23.1. The SMILES string of the molecule is O=C(CSc1n[nH]c(C=Cc2ccc(F)cc2)n1)Nc1ccc(S(=O)(=O)N2CCCC2)cc1. The number of benzene rings is 2. The molecule has 2 aromatic carbocycles. The van der Waals surface area contributed by atoms with Crippen LogP contribution in [-0.2, 0) is 14.8 Å². The van der Waals surface area contributed by atoms with E-state index in [-0.39, 0.29) is 22.4 Å². The molecule has 1 fully saturated rings. The van der Waals surface area contributed by atoms with Crippen LogP contribution >= 0.6 is 11.8 Å². The Hall–Kier alpha value is -3.02. The van der Waals surface area contributed by atoms with Gasteiger partial charge in [0.05, 0.1) is 10.6 Å². The van der Waals surface area contributed by atoms with Gasteiger partial charge in [-0.15, -0.1) is 5.10 Å². The highest BCUT2D eigenvalue weighted by atomic mass is 32.2. The first-order valence-electron chi connectivity index (χ1n) is 10.3.